The van der Waals surface area contributed by atoms with Crippen molar-refractivity contribution >= 4 is 40.1 Å². The summed E-state index contributed by atoms with van der Waals surface area (Å²) < 4.78 is 4.85. The number of rotatable bonds is 12. The molecule has 0 bridgehead atoms. The predicted molar refractivity (Wildman–Crippen MR) is 208 cm³/mol. The highest BCUT2D eigenvalue weighted by atomic mass is 127. The zero-order valence-corrected chi connectivity index (χ0v) is 32.1. The number of anilines is 1. The summed E-state index contributed by atoms with van der Waals surface area (Å²) in [6.45, 7) is 7.21. The van der Waals surface area contributed by atoms with Crippen LogP contribution >= 0.6 is 22.6 Å². The topological polar surface area (TPSA) is 207 Å². The van der Waals surface area contributed by atoms with E-state index in [1.807, 2.05) is 28.7 Å². The number of alkyl halides is 1. The molecule has 6 aliphatic rings. The number of halogens is 1. The smallest absolute Gasteiger partial charge is 0.251 e. The molecule has 3 saturated heterocycles. The fourth-order valence-electron chi connectivity index (χ4n) is 8.45. The average Bonchev–Trinajstić information content (AvgIpc) is 4.01. The van der Waals surface area contributed by atoms with Gasteiger partial charge in [-0.15, -0.1) is 0 Å². The first kappa shape index (κ1) is 37.7. The van der Waals surface area contributed by atoms with E-state index >= 15 is 0 Å². The molecule has 53 heavy (non-hydrogen) atoms. The monoisotopic (exact) mass is 840 g/mol. The zero-order valence-electron chi connectivity index (χ0n) is 30.0. The second-order valence-corrected chi connectivity index (χ2v) is 16.0. The first-order valence-electron chi connectivity index (χ1n) is 18.8. The van der Waals surface area contributed by atoms with Crippen LogP contribution in [0, 0.1) is 5.92 Å². The van der Waals surface area contributed by atoms with Crippen LogP contribution in [0.3, 0.4) is 0 Å². The summed E-state index contributed by atoms with van der Waals surface area (Å²) in [6, 6.07) is 6.05. The van der Waals surface area contributed by atoms with Gasteiger partial charge in [0.25, 0.3) is 5.91 Å². The minimum Gasteiger partial charge on any atom is -0.381 e. The first-order chi connectivity index (χ1) is 25.8. The van der Waals surface area contributed by atoms with Crippen LogP contribution in [0.2, 0.25) is 0 Å². The molecule has 4 N–H and O–H groups in total. The van der Waals surface area contributed by atoms with Gasteiger partial charge in [0.15, 0.2) is 4.17 Å². The van der Waals surface area contributed by atoms with E-state index in [9.17, 15) is 15.1 Å². The highest BCUT2D eigenvalue weighted by Crippen LogP contribution is 2.34. The number of allylic oxidation sites excluding steroid dienone is 2. The number of nitrogens with one attached hydrogen (secondary N) is 2. The maximum atomic E-state index is 13.6. The molecule has 7 rings (SSSR count). The quantitative estimate of drug-likeness (QED) is 0.0402. The third kappa shape index (κ3) is 8.86. The molecule has 4 heterocycles. The fraction of sp³-hybridized carbons (Fsp3) is 0.657. The number of benzene rings is 1. The molecule has 0 aromatic heterocycles. The number of carbonyl (C=O) groups excluding carboxylic acids is 2. The molecule has 4 aliphatic heterocycles. The van der Waals surface area contributed by atoms with Crippen LogP contribution in [0.25, 0.3) is 20.9 Å². The largest absolute Gasteiger partial charge is 0.381 e. The highest BCUT2D eigenvalue weighted by Gasteiger charge is 2.44. The number of dihydropyridines is 1. The number of hydrazine groups is 1. The van der Waals surface area contributed by atoms with E-state index in [0.29, 0.717) is 47.6 Å². The third-order valence-corrected chi connectivity index (χ3v) is 12.3. The maximum Gasteiger partial charge on any atom is 0.251 e. The molecule has 2 saturated carbocycles. The van der Waals surface area contributed by atoms with E-state index in [2.05, 4.69) is 45.4 Å². The van der Waals surface area contributed by atoms with Crippen LogP contribution in [0.15, 0.2) is 52.1 Å². The SMILES string of the molecule is [N-]=[N+]=NCc1cc(C(=O)N[C@H]2CC[C@H](N3CCN(CC4CC4)CC3)CC2)ccc1N(N)C1=CC=C2C(N1)N(C1CCOCC1)CC(=O)N2C(I)N=[N+]=[N-]. The molecular weight excluding hydrogens is 791 g/mol. The van der Waals surface area contributed by atoms with Crippen LogP contribution in [-0.4, -0.2) is 112 Å². The lowest BCUT2D eigenvalue weighted by Gasteiger charge is -2.49. The summed E-state index contributed by atoms with van der Waals surface area (Å²) >= 11 is 1.96. The Hall–Kier alpha value is -3.61. The predicted octanol–water partition coefficient (Wildman–Crippen LogP) is 4.25. The molecule has 0 spiro atoms. The summed E-state index contributed by atoms with van der Waals surface area (Å²) in [5.41, 5.74) is 20.6. The molecule has 2 atom stereocenters. The Balaban J connectivity index is 1.02. The van der Waals surface area contributed by atoms with Crippen LogP contribution < -0.4 is 21.5 Å². The van der Waals surface area contributed by atoms with E-state index in [1.54, 1.807) is 24.3 Å². The lowest BCUT2D eigenvalue weighted by Crippen LogP contribution is -2.65. The van der Waals surface area contributed by atoms with Gasteiger partial charge in [0, 0.05) is 79.4 Å². The van der Waals surface area contributed by atoms with Crippen molar-refractivity contribution in [2.75, 3.05) is 57.5 Å². The van der Waals surface area contributed by atoms with Crippen LogP contribution in [0.1, 0.15) is 67.3 Å². The lowest BCUT2D eigenvalue weighted by atomic mass is 9.89. The summed E-state index contributed by atoms with van der Waals surface area (Å²) in [4.78, 5) is 41.8. The number of amides is 2. The van der Waals surface area contributed by atoms with Gasteiger partial charge < -0.3 is 20.3 Å². The second-order valence-electron chi connectivity index (χ2n) is 14.8. The number of carbonyl (C=O) groups is 2. The third-order valence-electron chi connectivity index (χ3n) is 11.5. The van der Waals surface area contributed by atoms with Crippen molar-refractivity contribution in [2.45, 2.75) is 86.4 Å². The van der Waals surface area contributed by atoms with Crippen molar-refractivity contribution < 1.29 is 14.3 Å². The van der Waals surface area contributed by atoms with E-state index in [4.69, 9.17) is 16.1 Å². The standard InChI is InChI=1S/C35H49IN14O3/c36-35(43-45-38)49-30-9-10-31(42-33(30)48(22-32(49)51)28-11-17-53-18-12-28)50(39)29-8-3-24(19-25(29)20-40-44-37)34(52)41-26-4-6-27(7-5-26)47-15-13-46(14-16-47)21-23-1-2-23/h3,8-10,19,23,26-28,33,35,42H,1-2,4-7,11-18,20-22,39H2,(H,41,52)/t26-,27-,33?,35?. The van der Waals surface area contributed by atoms with E-state index in [1.165, 1.54) is 42.4 Å². The number of fused-ring (bicyclic) bond motifs is 1. The van der Waals surface area contributed by atoms with Gasteiger partial charge in [-0.1, -0.05) is 32.8 Å². The zero-order chi connectivity index (χ0) is 36.9. The summed E-state index contributed by atoms with van der Waals surface area (Å²) in [5, 5.41) is 15.9. The van der Waals surface area contributed by atoms with Gasteiger partial charge in [0.2, 0.25) is 5.91 Å². The molecule has 17 nitrogen and oxygen atoms in total. The van der Waals surface area contributed by atoms with Gasteiger partial charge in [-0.25, -0.2) is 5.84 Å². The Bertz CT molecular complexity index is 1670. The van der Waals surface area contributed by atoms with Crippen molar-refractivity contribution in [3.05, 3.63) is 73.9 Å². The summed E-state index contributed by atoms with van der Waals surface area (Å²) in [5.74, 6) is 7.94. The van der Waals surface area contributed by atoms with Gasteiger partial charge in [0.05, 0.1) is 24.5 Å². The Labute approximate surface area is 323 Å². The fourth-order valence-corrected chi connectivity index (χ4v) is 9.19. The molecule has 2 aliphatic carbocycles. The number of nitrogens with two attached hydrogens (primary N) is 1. The van der Waals surface area contributed by atoms with Crippen LogP contribution in [-0.2, 0) is 16.1 Å². The minimum atomic E-state index is -0.747. The van der Waals surface area contributed by atoms with E-state index < -0.39 is 10.3 Å². The number of ether oxygens (including phenoxy) is 1. The molecule has 1 aromatic carbocycles. The Morgan fingerprint density at radius 2 is 1.79 bits per heavy atom. The van der Waals surface area contributed by atoms with Crippen molar-refractivity contribution in [3.63, 3.8) is 0 Å². The van der Waals surface area contributed by atoms with E-state index in [-0.39, 0.29) is 37.0 Å². The lowest BCUT2D eigenvalue weighted by molar-refractivity contribution is -0.138. The molecular formula is C35H49IN14O3. The van der Waals surface area contributed by atoms with Crippen LogP contribution in [0.4, 0.5) is 5.69 Å². The maximum absolute atomic E-state index is 13.6. The van der Waals surface area contributed by atoms with Gasteiger partial charge in [-0.3, -0.25) is 29.3 Å². The second kappa shape index (κ2) is 17.2. The Morgan fingerprint density at radius 1 is 1.04 bits per heavy atom. The number of nitrogens with zero attached hydrogens (tertiary/aromatic N) is 11. The Morgan fingerprint density at radius 3 is 2.49 bits per heavy atom. The molecule has 2 unspecified atom stereocenters. The highest BCUT2D eigenvalue weighted by molar-refractivity contribution is 14.1. The van der Waals surface area contributed by atoms with Crippen molar-refractivity contribution in [2.24, 2.45) is 22.0 Å². The first-order valence-corrected chi connectivity index (χ1v) is 20.1. The van der Waals surface area contributed by atoms with Crippen LogP contribution in [0.5, 0.6) is 0 Å². The molecule has 0 radical (unpaired) electrons. The number of hydrogen-bond donors (Lipinski definition) is 3. The minimum absolute atomic E-state index is 0.00334. The summed E-state index contributed by atoms with van der Waals surface area (Å²) in [7, 11) is 0. The summed E-state index contributed by atoms with van der Waals surface area (Å²) in [6.07, 6.45) is 11.5. The molecule has 2 amide bonds. The molecule has 1 aromatic rings. The average molecular weight is 841 g/mol. The van der Waals surface area contributed by atoms with Crippen molar-refractivity contribution in [3.8, 4) is 0 Å². The normalized spacial score (nSPS) is 26.6. The number of hydrogen-bond acceptors (Lipinski definition) is 11. The number of azide groups is 2. The van der Waals surface area contributed by atoms with Gasteiger partial charge in [-0.2, -0.15) is 0 Å². The van der Waals surface area contributed by atoms with Crippen molar-refractivity contribution in [1.82, 2.24) is 30.2 Å². The van der Waals surface area contributed by atoms with E-state index in [0.717, 1.165) is 57.5 Å². The van der Waals surface area contributed by atoms with Gasteiger partial charge in [-0.05, 0) is 104 Å². The molecule has 284 valence electrons. The van der Waals surface area contributed by atoms with Gasteiger partial charge >= 0.3 is 0 Å². The molecule has 5 fully saturated rings. The Kier molecular flexibility index (Phi) is 12.3. The molecule has 18 heteroatoms. The van der Waals surface area contributed by atoms with Gasteiger partial charge in [0.1, 0.15) is 12.0 Å². The number of piperazine rings is 2. The van der Waals surface area contributed by atoms with Crippen molar-refractivity contribution in [1.29, 1.82) is 0 Å².